The van der Waals surface area contributed by atoms with Crippen molar-refractivity contribution >= 4 is 11.7 Å². The van der Waals surface area contributed by atoms with Crippen LogP contribution < -0.4 is 5.73 Å². The Morgan fingerprint density at radius 1 is 1.60 bits per heavy atom. The second kappa shape index (κ2) is 4.05. The van der Waals surface area contributed by atoms with Crippen molar-refractivity contribution < 1.29 is 14.8 Å². The van der Waals surface area contributed by atoms with Crippen LogP contribution >= 0.6 is 0 Å². The van der Waals surface area contributed by atoms with Gasteiger partial charge in [0.15, 0.2) is 0 Å². The van der Waals surface area contributed by atoms with E-state index in [1.807, 2.05) is 0 Å². The molecule has 0 aliphatic heterocycles. The Balaban J connectivity index is 3.33. The van der Waals surface area contributed by atoms with Gasteiger partial charge in [0.1, 0.15) is 0 Å². The number of carboxylic acid groups (broad SMARTS) is 1. The summed E-state index contributed by atoms with van der Waals surface area (Å²) < 4.78 is 0. The monoisotopic (exact) mass is 210 g/mol. The fraction of sp³-hybridized carbons (Fsp3) is 0.222. The van der Waals surface area contributed by atoms with E-state index < -0.39 is 16.9 Å². The highest BCUT2D eigenvalue weighted by atomic mass is 16.6. The lowest BCUT2D eigenvalue weighted by molar-refractivity contribution is -0.384. The summed E-state index contributed by atoms with van der Waals surface area (Å²) in [5, 5.41) is 19.3. The number of carbonyl (C=O) groups is 1. The lowest BCUT2D eigenvalue weighted by Gasteiger charge is -2.08. The molecule has 0 aromatic heterocycles. The predicted molar refractivity (Wildman–Crippen MR) is 52.7 cm³/mol. The molecule has 0 saturated carbocycles. The molecule has 1 atom stereocenters. The fourth-order valence-corrected chi connectivity index (χ4v) is 1.24. The Bertz CT molecular complexity index is 415. The van der Waals surface area contributed by atoms with Crippen molar-refractivity contribution in [2.75, 3.05) is 0 Å². The van der Waals surface area contributed by atoms with Gasteiger partial charge in [-0.1, -0.05) is 0 Å². The minimum absolute atomic E-state index is 0.126. The van der Waals surface area contributed by atoms with Gasteiger partial charge in [0.25, 0.3) is 5.69 Å². The van der Waals surface area contributed by atoms with Gasteiger partial charge in [-0.3, -0.25) is 10.1 Å². The van der Waals surface area contributed by atoms with E-state index in [9.17, 15) is 14.9 Å². The number of nitrogens with two attached hydrogens (primary N) is 1. The molecule has 0 fully saturated rings. The average molecular weight is 210 g/mol. The van der Waals surface area contributed by atoms with Crippen LogP contribution in [0.2, 0.25) is 0 Å². The van der Waals surface area contributed by atoms with Crippen molar-refractivity contribution in [1.82, 2.24) is 0 Å². The molecule has 1 rings (SSSR count). The van der Waals surface area contributed by atoms with E-state index in [0.717, 1.165) is 6.07 Å². The van der Waals surface area contributed by atoms with Crippen LogP contribution in [0.3, 0.4) is 0 Å². The largest absolute Gasteiger partial charge is 0.478 e. The maximum Gasteiger partial charge on any atom is 0.336 e. The van der Waals surface area contributed by atoms with Crippen molar-refractivity contribution in [3.05, 3.63) is 39.4 Å². The molecule has 0 radical (unpaired) electrons. The lowest BCUT2D eigenvalue weighted by Crippen LogP contribution is -2.12. The van der Waals surface area contributed by atoms with Crippen LogP contribution in [0.15, 0.2) is 18.2 Å². The number of aromatic carboxylic acids is 1. The van der Waals surface area contributed by atoms with Gasteiger partial charge in [-0.15, -0.1) is 0 Å². The molecule has 0 aliphatic carbocycles. The van der Waals surface area contributed by atoms with E-state index in [4.69, 9.17) is 10.8 Å². The molecule has 0 spiro atoms. The Morgan fingerprint density at radius 3 is 2.60 bits per heavy atom. The van der Waals surface area contributed by atoms with Gasteiger partial charge in [-0.2, -0.15) is 0 Å². The normalized spacial score (nSPS) is 12.1. The number of benzene rings is 1. The summed E-state index contributed by atoms with van der Waals surface area (Å²) >= 11 is 0. The lowest BCUT2D eigenvalue weighted by atomic mass is 10.0. The topological polar surface area (TPSA) is 106 Å². The van der Waals surface area contributed by atoms with Gasteiger partial charge < -0.3 is 10.8 Å². The van der Waals surface area contributed by atoms with E-state index in [1.165, 1.54) is 12.1 Å². The van der Waals surface area contributed by atoms with Gasteiger partial charge >= 0.3 is 5.97 Å². The molecule has 3 N–H and O–H groups in total. The molecule has 0 heterocycles. The Kier molecular flexibility index (Phi) is 3.01. The number of hydrogen-bond donors (Lipinski definition) is 2. The van der Waals surface area contributed by atoms with Gasteiger partial charge in [0.05, 0.1) is 10.5 Å². The van der Waals surface area contributed by atoms with Crippen molar-refractivity contribution in [3.8, 4) is 0 Å². The molecule has 6 nitrogen and oxygen atoms in total. The molecule has 1 unspecified atom stereocenters. The van der Waals surface area contributed by atoms with E-state index >= 15 is 0 Å². The maximum atomic E-state index is 10.8. The van der Waals surface area contributed by atoms with E-state index in [-0.39, 0.29) is 11.3 Å². The molecule has 0 amide bonds. The first-order valence-corrected chi connectivity index (χ1v) is 4.20. The smallest absolute Gasteiger partial charge is 0.336 e. The zero-order valence-corrected chi connectivity index (χ0v) is 8.01. The third-order valence-electron chi connectivity index (χ3n) is 1.97. The second-order valence-corrected chi connectivity index (χ2v) is 3.12. The SMILES string of the molecule is CC(N)c1ccc([N+](=O)[O-])cc1C(=O)O. The van der Waals surface area contributed by atoms with Crippen LogP contribution in [-0.4, -0.2) is 16.0 Å². The predicted octanol–water partition coefficient (Wildman–Crippen LogP) is 1.31. The summed E-state index contributed by atoms with van der Waals surface area (Å²) in [7, 11) is 0. The van der Waals surface area contributed by atoms with Crippen LogP contribution in [0.1, 0.15) is 28.9 Å². The van der Waals surface area contributed by atoms with Crippen LogP contribution in [0.25, 0.3) is 0 Å². The van der Waals surface area contributed by atoms with Crippen molar-refractivity contribution in [2.24, 2.45) is 5.73 Å². The fourth-order valence-electron chi connectivity index (χ4n) is 1.24. The first-order chi connectivity index (χ1) is 6.93. The molecule has 0 aliphatic rings. The number of nitro benzene ring substituents is 1. The van der Waals surface area contributed by atoms with Crippen LogP contribution in [0, 0.1) is 10.1 Å². The number of nitro groups is 1. The van der Waals surface area contributed by atoms with Gasteiger partial charge in [-0.25, -0.2) is 4.79 Å². The van der Waals surface area contributed by atoms with Crippen molar-refractivity contribution in [3.63, 3.8) is 0 Å². The summed E-state index contributed by atoms with van der Waals surface area (Å²) in [6.45, 7) is 1.62. The highest BCUT2D eigenvalue weighted by Crippen LogP contribution is 2.21. The highest BCUT2D eigenvalue weighted by Gasteiger charge is 2.17. The van der Waals surface area contributed by atoms with Gasteiger partial charge in [-0.05, 0) is 18.6 Å². The Labute approximate surface area is 85.5 Å². The zero-order chi connectivity index (χ0) is 11.6. The molecule has 1 aromatic carbocycles. The first-order valence-electron chi connectivity index (χ1n) is 4.20. The van der Waals surface area contributed by atoms with Crippen LogP contribution in [0.5, 0.6) is 0 Å². The minimum atomic E-state index is -1.22. The summed E-state index contributed by atoms with van der Waals surface area (Å²) in [4.78, 5) is 20.6. The average Bonchev–Trinajstić information content (AvgIpc) is 2.16. The van der Waals surface area contributed by atoms with Crippen molar-refractivity contribution in [2.45, 2.75) is 13.0 Å². The number of rotatable bonds is 3. The van der Waals surface area contributed by atoms with Gasteiger partial charge in [0.2, 0.25) is 0 Å². The molecule has 0 bridgehead atoms. The minimum Gasteiger partial charge on any atom is -0.478 e. The van der Waals surface area contributed by atoms with Crippen LogP contribution in [0.4, 0.5) is 5.69 Å². The number of hydrogen-bond acceptors (Lipinski definition) is 4. The number of non-ortho nitro benzene ring substituents is 1. The summed E-state index contributed by atoms with van der Waals surface area (Å²) in [5.74, 6) is -1.22. The zero-order valence-electron chi connectivity index (χ0n) is 8.01. The molecule has 1 aromatic rings. The quantitative estimate of drug-likeness (QED) is 0.577. The van der Waals surface area contributed by atoms with E-state index in [0.29, 0.717) is 5.56 Å². The third kappa shape index (κ3) is 2.29. The molecule has 6 heteroatoms. The Morgan fingerprint density at radius 2 is 2.20 bits per heavy atom. The molecule has 0 saturated heterocycles. The summed E-state index contributed by atoms with van der Waals surface area (Å²) in [6.07, 6.45) is 0. The standard InChI is InChI=1S/C9H10N2O4/c1-5(10)7-3-2-6(11(14)15)4-8(7)9(12)13/h2-5H,10H2,1H3,(H,12,13). The summed E-state index contributed by atoms with van der Waals surface area (Å²) in [6, 6.07) is 3.15. The first kappa shape index (κ1) is 11.1. The summed E-state index contributed by atoms with van der Waals surface area (Å²) in [5.41, 5.74) is 5.55. The molecular weight excluding hydrogens is 200 g/mol. The Hall–Kier alpha value is -1.95. The number of carboxylic acids is 1. The molecular formula is C9H10N2O4. The van der Waals surface area contributed by atoms with E-state index in [1.54, 1.807) is 6.92 Å². The van der Waals surface area contributed by atoms with Crippen molar-refractivity contribution in [1.29, 1.82) is 0 Å². The maximum absolute atomic E-state index is 10.8. The number of nitrogens with zero attached hydrogens (tertiary/aromatic N) is 1. The third-order valence-corrected chi connectivity index (χ3v) is 1.97. The van der Waals surface area contributed by atoms with Gasteiger partial charge in [0, 0.05) is 18.2 Å². The highest BCUT2D eigenvalue weighted by molar-refractivity contribution is 5.90. The van der Waals surface area contributed by atoms with E-state index in [2.05, 4.69) is 0 Å². The molecule has 80 valence electrons. The molecule has 15 heavy (non-hydrogen) atoms. The van der Waals surface area contributed by atoms with Crippen LogP contribution in [-0.2, 0) is 0 Å². The second-order valence-electron chi connectivity index (χ2n) is 3.12.